The maximum absolute atomic E-state index is 2.35. The molecule has 0 nitrogen and oxygen atoms in total. The molecule has 0 aromatic heterocycles. The molecule has 0 heteroatoms. The van der Waals surface area contributed by atoms with Crippen molar-refractivity contribution in [3.05, 3.63) is 5.92 Å². The first-order valence-corrected chi connectivity index (χ1v) is 4.68. The van der Waals surface area contributed by atoms with Gasteiger partial charge in [-0.15, -0.1) is 0 Å². The van der Waals surface area contributed by atoms with Crippen molar-refractivity contribution in [2.75, 3.05) is 0 Å². The Morgan fingerprint density at radius 1 is 1.40 bits per heavy atom. The Balaban J connectivity index is 1.90. The number of hydrogen-bond acceptors (Lipinski definition) is 0. The summed E-state index contributed by atoms with van der Waals surface area (Å²) in [4.78, 5) is 0. The average molecular weight is 137 g/mol. The molecular weight excluding hydrogens is 120 g/mol. The van der Waals surface area contributed by atoms with Gasteiger partial charge in [0.05, 0.1) is 0 Å². The van der Waals surface area contributed by atoms with Gasteiger partial charge in [0.1, 0.15) is 0 Å². The summed E-state index contributed by atoms with van der Waals surface area (Å²) in [5.74, 6) is 2.97. The van der Waals surface area contributed by atoms with E-state index in [0.29, 0.717) is 0 Å². The molecule has 0 saturated heterocycles. The van der Waals surface area contributed by atoms with Crippen LogP contribution in [0.4, 0.5) is 0 Å². The van der Waals surface area contributed by atoms with E-state index in [1.807, 2.05) is 5.92 Å². The zero-order valence-electron chi connectivity index (χ0n) is 7.11. The van der Waals surface area contributed by atoms with E-state index in [-0.39, 0.29) is 0 Å². The smallest absolute Gasteiger partial charge is 0.0145 e. The van der Waals surface area contributed by atoms with Gasteiger partial charge in [-0.25, -0.2) is 0 Å². The number of rotatable bonds is 3. The van der Waals surface area contributed by atoms with Crippen molar-refractivity contribution in [2.24, 2.45) is 11.3 Å². The zero-order valence-corrected chi connectivity index (χ0v) is 7.11. The molecule has 1 unspecified atom stereocenters. The van der Waals surface area contributed by atoms with Gasteiger partial charge in [0, 0.05) is 0 Å². The van der Waals surface area contributed by atoms with E-state index in [2.05, 4.69) is 13.8 Å². The average Bonchev–Trinajstić information content (AvgIpc) is 2.84. The lowest BCUT2D eigenvalue weighted by atomic mass is 9.95. The maximum Gasteiger partial charge on any atom is -0.0145 e. The maximum atomic E-state index is 2.35. The Kier molecular flexibility index (Phi) is 1.33. The fraction of sp³-hybridized carbons (Fsp3) is 0.900. The second-order valence-electron chi connectivity index (χ2n) is 3.97. The van der Waals surface area contributed by atoms with Crippen molar-refractivity contribution in [3.63, 3.8) is 0 Å². The molecule has 2 aliphatic carbocycles. The van der Waals surface area contributed by atoms with Crippen LogP contribution in [0.15, 0.2) is 0 Å². The van der Waals surface area contributed by atoms with Gasteiger partial charge in [0.2, 0.25) is 0 Å². The molecule has 57 valence electrons. The molecule has 2 saturated carbocycles. The molecule has 2 aliphatic rings. The van der Waals surface area contributed by atoms with Crippen LogP contribution in [0.5, 0.6) is 0 Å². The fourth-order valence-corrected chi connectivity index (χ4v) is 2.30. The summed E-state index contributed by atoms with van der Waals surface area (Å²) in [5.41, 5.74) is 0.792. The first-order valence-electron chi connectivity index (χ1n) is 4.68. The molecule has 0 amide bonds. The molecule has 1 radical (unpaired) electrons. The molecule has 2 rings (SSSR count). The van der Waals surface area contributed by atoms with Crippen LogP contribution in [0, 0.1) is 17.3 Å². The van der Waals surface area contributed by atoms with Gasteiger partial charge in [-0.05, 0) is 42.9 Å². The Bertz CT molecular complexity index is 133. The van der Waals surface area contributed by atoms with E-state index in [9.17, 15) is 0 Å². The van der Waals surface area contributed by atoms with Crippen LogP contribution in [-0.2, 0) is 0 Å². The molecule has 0 aromatic carbocycles. The SMILES string of the molecule is CCC1C[C]1C1(CC)CC1. The Hall–Kier alpha value is 0. The molecule has 0 aliphatic heterocycles. The Morgan fingerprint density at radius 3 is 2.40 bits per heavy atom. The molecule has 1 atom stereocenters. The van der Waals surface area contributed by atoms with E-state index in [1.54, 1.807) is 0 Å². The highest BCUT2D eigenvalue weighted by Crippen LogP contribution is 2.68. The minimum atomic E-state index is 0.792. The second-order valence-corrected chi connectivity index (χ2v) is 3.97. The van der Waals surface area contributed by atoms with Crippen molar-refractivity contribution >= 4 is 0 Å². The van der Waals surface area contributed by atoms with Crippen molar-refractivity contribution in [1.29, 1.82) is 0 Å². The van der Waals surface area contributed by atoms with Crippen LogP contribution in [0.1, 0.15) is 46.0 Å². The first kappa shape index (κ1) is 6.69. The Labute approximate surface area is 64.0 Å². The molecule has 0 spiro atoms. The Morgan fingerprint density at radius 2 is 2.10 bits per heavy atom. The molecule has 0 heterocycles. The van der Waals surface area contributed by atoms with Crippen LogP contribution in [0.2, 0.25) is 0 Å². The molecule has 0 N–H and O–H groups in total. The highest BCUT2D eigenvalue weighted by atomic mass is 14.6. The summed E-state index contributed by atoms with van der Waals surface area (Å²) in [6.07, 6.45) is 7.31. The van der Waals surface area contributed by atoms with Crippen LogP contribution in [0.3, 0.4) is 0 Å². The first-order chi connectivity index (χ1) is 4.82. The number of hydrogen-bond donors (Lipinski definition) is 0. The van der Waals surface area contributed by atoms with Gasteiger partial charge in [-0.3, -0.25) is 0 Å². The van der Waals surface area contributed by atoms with Crippen LogP contribution in [0.25, 0.3) is 0 Å². The third-order valence-corrected chi connectivity index (χ3v) is 3.50. The summed E-state index contributed by atoms with van der Waals surface area (Å²) in [5, 5.41) is 0. The second kappa shape index (κ2) is 1.99. The lowest BCUT2D eigenvalue weighted by Gasteiger charge is -2.09. The summed E-state index contributed by atoms with van der Waals surface area (Å²) in [6.45, 7) is 4.68. The minimum absolute atomic E-state index is 0.792. The summed E-state index contributed by atoms with van der Waals surface area (Å²) >= 11 is 0. The summed E-state index contributed by atoms with van der Waals surface area (Å²) in [7, 11) is 0. The van der Waals surface area contributed by atoms with E-state index < -0.39 is 0 Å². The third kappa shape index (κ3) is 0.810. The van der Waals surface area contributed by atoms with E-state index in [4.69, 9.17) is 0 Å². The largest absolute Gasteiger partial charge is 0.0651 e. The highest BCUT2D eigenvalue weighted by molar-refractivity contribution is 5.28. The zero-order chi connectivity index (χ0) is 7.19. The molecule has 0 aromatic rings. The predicted octanol–water partition coefficient (Wildman–Crippen LogP) is 3.18. The molecule has 2 fully saturated rings. The highest BCUT2D eigenvalue weighted by Gasteiger charge is 2.57. The molecular formula is C10H17. The molecule has 10 heavy (non-hydrogen) atoms. The summed E-state index contributed by atoms with van der Waals surface area (Å²) in [6, 6.07) is 0. The van der Waals surface area contributed by atoms with Crippen LogP contribution >= 0.6 is 0 Å². The summed E-state index contributed by atoms with van der Waals surface area (Å²) < 4.78 is 0. The van der Waals surface area contributed by atoms with Crippen molar-refractivity contribution in [1.82, 2.24) is 0 Å². The van der Waals surface area contributed by atoms with Crippen molar-refractivity contribution in [2.45, 2.75) is 46.0 Å². The lowest BCUT2D eigenvalue weighted by molar-refractivity contribution is 0.536. The van der Waals surface area contributed by atoms with Crippen molar-refractivity contribution < 1.29 is 0 Å². The third-order valence-electron chi connectivity index (χ3n) is 3.50. The van der Waals surface area contributed by atoms with Gasteiger partial charge in [-0.2, -0.15) is 0 Å². The van der Waals surface area contributed by atoms with Crippen LogP contribution < -0.4 is 0 Å². The normalized spacial score (nSPS) is 36.0. The monoisotopic (exact) mass is 137 g/mol. The lowest BCUT2D eigenvalue weighted by Crippen LogP contribution is -2.00. The van der Waals surface area contributed by atoms with Gasteiger partial charge in [-0.1, -0.05) is 20.3 Å². The minimum Gasteiger partial charge on any atom is -0.0651 e. The van der Waals surface area contributed by atoms with Crippen LogP contribution in [-0.4, -0.2) is 0 Å². The molecule has 0 bridgehead atoms. The van der Waals surface area contributed by atoms with Crippen molar-refractivity contribution in [3.8, 4) is 0 Å². The van der Waals surface area contributed by atoms with Gasteiger partial charge in [0.25, 0.3) is 0 Å². The van der Waals surface area contributed by atoms with Gasteiger partial charge >= 0.3 is 0 Å². The van der Waals surface area contributed by atoms with E-state index in [1.165, 1.54) is 32.1 Å². The predicted molar refractivity (Wildman–Crippen MR) is 43.6 cm³/mol. The fourth-order valence-electron chi connectivity index (χ4n) is 2.30. The van der Waals surface area contributed by atoms with Gasteiger partial charge < -0.3 is 0 Å². The topological polar surface area (TPSA) is 0 Å². The standard InChI is InChI=1S/C10H17/c1-3-8-7-9(8)10(4-2)5-6-10/h8H,3-7H2,1-2H3. The van der Waals surface area contributed by atoms with E-state index >= 15 is 0 Å². The quantitative estimate of drug-likeness (QED) is 0.560. The van der Waals surface area contributed by atoms with E-state index in [0.717, 1.165) is 11.3 Å². The van der Waals surface area contributed by atoms with Gasteiger partial charge in [0.15, 0.2) is 0 Å².